The molecule has 1 aromatic heterocycles. The Kier molecular flexibility index (Phi) is 5.28. The lowest BCUT2D eigenvalue weighted by Gasteiger charge is -2.31. The fraction of sp³-hybridized carbons (Fsp3) is 0.571. The van der Waals surface area contributed by atoms with Crippen molar-refractivity contribution in [2.45, 2.75) is 24.7 Å². The second-order valence-corrected chi connectivity index (χ2v) is 7.08. The van der Waals surface area contributed by atoms with Gasteiger partial charge in [-0.1, -0.05) is 6.92 Å². The molecule has 114 valence electrons. The van der Waals surface area contributed by atoms with Crippen molar-refractivity contribution in [3.8, 4) is 6.07 Å². The molecule has 6 nitrogen and oxygen atoms in total. The van der Waals surface area contributed by atoms with Gasteiger partial charge >= 0.3 is 0 Å². The highest BCUT2D eigenvalue weighted by Crippen LogP contribution is 2.23. The van der Waals surface area contributed by atoms with E-state index in [-0.39, 0.29) is 10.6 Å². The number of piperidine rings is 1. The van der Waals surface area contributed by atoms with Crippen LogP contribution in [0.5, 0.6) is 0 Å². The summed E-state index contributed by atoms with van der Waals surface area (Å²) in [5.41, 5.74) is 0.221. The summed E-state index contributed by atoms with van der Waals surface area (Å²) in [4.78, 5) is 4.00. The Morgan fingerprint density at radius 1 is 1.43 bits per heavy atom. The highest BCUT2D eigenvalue weighted by Gasteiger charge is 2.29. The van der Waals surface area contributed by atoms with Crippen LogP contribution in [-0.2, 0) is 10.0 Å². The van der Waals surface area contributed by atoms with Crippen molar-refractivity contribution in [3.63, 3.8) is 0 Å². The fourth-order valence-electron chi connectivity index (χ4n) is 2.45. The number of sulfonamides is 1. The van der Waals surface area contributed by atoms with Gasteiger partial charge in [0, 0.05) is 19.3 Å². The first-order valence-corrected chi connectivity index (χ1v) is 8.59. The van der Waals surface area contributed by atoms with Crippen LogP contribution in [0.1, 0.15) is 25.5 Å². The predicted molar refractivity (Wildman–Crippen MR) is 79.0 cm³/mol. The van der Waals surface area contributed by atoms with Crippen molar-refractivity contribution in [2.24, 2.45) is 5.92 Å². The molecule has 1 aromatic rings. The van der Waals surface area contributed by atoms with Crippen molar-refractivity contribution >= 4 is 10.0 Å². The van der Waals surface area contributed by atoms with Crippen LogP contribution in [0.4, 0.5) is 0 Å². The van der Waals surface area contributed by atoms with E-state index in [1.54, 1.807) is 0 Å². The summed E-state index contributed by atoms with van der Waals surface area (Å²) >= 11 is 0. The lowest BCUT2D eigenvalue weighted by molar-refractivity contribution is 0.268. The van der Waals surface area contributed by atoms with E-state index in [0.717, 1.165) is 25.9 Å². The van der Waals surface area contributed by atoms with Gasteiger partial charge in [-0.25, -0.2) is 13.4 Å². The maximum Gasteiger partial charge on any atom is 0.244 e. The average molecular weight is 308 g/mol. The molecule has 1 N–H and O–H groups in total. The second kappa shape index (κ2) is 6.98. The van der Waals surface area contributed by atoms with Crippen LogP contribution >= 0.6 is 0 Å². The summed E-state index contributed by atoms with van der Waals surface area (Å²) in [5.74, 6) is 0.537. The zero-order valence-corrected chi connectivity index (χ0v) is 12.9. The number of nitriles is 1. The summed E-state index contributed by atoms with van der Waals surface area (Å²) in [6, 6.07) is 4.77. The first-order valence-electron chi connectivity index (χ1n) is 7.15. The van der Waals surface area contributed by atoms with Crippen LogP contribution in [0.25, 0.3) is 0 Å². The highest BCUT2D eigenvalue weighted by atomic mass is 32.2. The largest absolute Gasteiger partial charge is 0.317 e. The van der Waals surface area contributed by atoms with Crippen LogP contribution in [0.15, 0.2) is 23.2 Å². The SMILES string of the molecule is CCNCC1CCN(S(=O)(=O)c2ccc(C#N)nc2)CC1. The summed E-state index contributed by atoms with van der Waals surface area (Å²) in [5, 5.41) is 12.0. The monoisotopic (exact) mass is 308 g/mol. The molecule has 1 aliphatic rings. The Hall–Kier alpha value is -1.49. The van der Waals surface area contributed by atoms with E-state index >= 15 is 0 Å². The van der Waals surface area contributed by atoms with Gasteiger partial charge in [0.25, 0.3) is 0 Å². The number of nitrogens with zero attached hydrogens (tertiary/aromatic N) is 3. The number of pyridine rings is 1. The molecule has 1 saturated heterocycles. The molecule has 21 heavy (non-hydrogen) atoms. The van der Waals surface area contributed by atoms with Gasteiger partial charge in [-0.15, -0.1) is 0 Å². The van der Waals surface area contributed by atoms with Crippen molar-refractivity contribution in [1.82, 2.24) is 14.6 Å². The lowest BCUT2D eigenvalue weighted by Crippen LogP contribution is -2.40. The maximum absolute atomic E-state index is 12.5. The van der Waals surface area contributed by atoms with Gasteiger partial charge in [0.2, 0.25) is 10.0 Å². The first-order chi connectivity index (χ1) is 10.1. The van der Waals surface area contributed by atoms with Crippen LogP contribution < -0.4 is 5.32 Å². The molecule has 0 aliphatic carbocycles. The number of rotatable bonds is 5. The normalized spacial score (nSPS) is 17.5. The van der Waals surface area contributed by atoms with Gasteiger partial charge in [0.15, 0.2) is 0 Å². The Bertz CT molecular complexity index is 599. The minimum atomic E-state index is -3.49. The van der Waals surface area contributed by atoms with Crippen LogP contribution in [0.3, 0.4) is 0 Å². The first kappa shape index (κ1) is 15.9. The van der Waals surface area contributed by atoms with Gasteiger partial charge in [-0.3, -0.25) is 0 Å². The Labute approximate surface area is 125 Å². The van der Waals surface area contributed by atoms with Gasteiger partial charge in [0.05, 0.1) is 0 Å². The standard InChI is InChI=1S/C14H20N4O2S/c1-2-16-10-12-5-7-18(8-6-12)21(19,20)14-4-3-13(9-15)17-11-14/h3-4,11-12,16H,2,5-8,10H2,1H3. The predicted octanol–water partition coefficient (Wildman–Crippen LogP) is 0.963. The third kappa shape index (κ3) is 3.79. The number of aromatic nitrogens is 1. The second-order valence-electron chi connectivity index (χ2n) is 5.15. The molecule has 0 radical (unpaired) electrons. The zero-order chi connectivity index (χ0) is 15.3. The van der Waals surface area contributed by atoms with E-state index in [1.165, 1.54) is 22.6 Å². The Morgan fingerprint density at radius 2 is 2.14 bits per heavy atom. The number of nitrogens with one attached hydrogen (secondary N) is 1. The van der Waals surface area contributed by atoms with E-state index in [1.807, 2.05) is 6.07 Å². The molecule has 0 saturated carbocycles. The molecule has 0 bridgehead atoms. The summed E-state index contributed by atoms with van der Waals surface area (Å²) in [7, 11) is -3.49. The van der Waals surface area contributed by atoms with Crippen LogP contribution in [-0.4, -0.2) is 43.9 Å². The van der Waals surface area contributed by atoms with E-state index in [0.29, 0.717) is 19.0 Å². The van der Waals surface area contributed by atoms with Crippen molar-refractivity contribution in [2.75, 3.05) is 26.2 Å². The van der Waals surface area contributed by atoms with Crippen molar-refractivity contribution in [1.29, 1.82) is 5.26 Å². The molecular weight excluding hydrogens is 288 g/mol. The smallest absolute Gasteiger partial charge is 0.244 e. The molecule has 7 heteroatoms. The summed E-state index contributed by atoms with van der Waals surface area (Å²) in [6.45, 7) is 5.03. The summed E-state index contributed by atoms with van der Waals surface area (Å²) in [6.07, 6.45) is 3.00. The molecule has 0 atom stereocenters. The minimum Gasteiger partial charge on any atom is -0.317 e. The highest BCUT2D eigenvalue weighted by molar-refractivity contribution is 7.89. The molecule has 0 aromatic carbocycles. The minimum absolute atomic E-state index is 0.159. The molecule has 2 heterocycles. The summed E-state index contributed by atoms with van der Waals surface area (Å²) < 4.78 is 26.5. The third-order valence-corrected chi connectivity index (χ3v) is 5.63. The molecule has 2 rings (SSSR count). The lowest BCUT2D eigenvalue weighted by atomic mass is 9.98. The van der Waals surface area contributed by atoms with Crippen molar-refractivity contribution in [3.05, 3.63) is 24.0 Å². The Morgan fingerprint density at radius 3 is 2.67 bits per heavy atom. The Balaban J connectivity index is 2.02. The molecule has 1 aliphatic heterocycles. The third-order valence-electron chi connectivity index (χ3n) is 3.75. The maximum atomic E-state index is 12.5. The van der Waals surface area contributed by atoms with E-state index in [4.69, 9.17) is 5.26 Å². The zero-order valence-electron chi connectivity index (χ0n) is 12.1. The fourth-order valence-corrected chi connectivity index (χ4v) is 3.87. The number of hydrogen-bond donors (Lipinski definition) is 1. The molecular formula is C14H20N4O2S. The van der Waals surface area contributed by atoms with E-state index in [9.17, 15) is 8.42 Å². The molecule has 0 spiro atoms. The number of hydrogen-bond acceptors (Lipinski definition) is 5. The van der Waals surface area contributed by atoms with Crippen LogP contribution in [0, 0.1) is 17.2 Å². The van der Waals surface area contributed by atoms with E-state index < -0.39 is 10.0 Å². The van der Waals surface area contributed by atoms with Crippen LogP contribution in [0.2, 0.25) is 0 Å². The van der Waals surface area contributed by atoms with Gasteiger partial charge in [-0.2, -0.15) is 9.57 Å². The van der Waals surface area contributed by atoms with Gasteiger partial charge in [-0.05, 0) is 44.0 Å². The topological polar surface area (TPSA) is 86.1 Å². The van der Waals surface area contributed by atoms with Gasteiger partial charge < -0.3 is 5.32 Å². The van der Waals surface area contributed by atoms with Crippen molar-refractivity contribution < 1.29 is 8.42 Å². The van der Waals surface area contributed by atoms with E-state index in [2.05, 4.69) is 17.2 Å². The average Bonchev–Trinajstić information content (AvgIpc) is 2.53. The molecule has 0 unspecified atom stereocenters. The molecule has 0 amide bonds. The quantitative estimate of drug-likeness (QED) is 0.875. The van der Waals surface area contributed by atoms with Gasteiger partial charge in [0.1, 0.15) is 16.7 Å². The molecule has 1 fully saturated rings.